The van der Waals surface area contributed by atoms with E-state index in [1.165, 1.54) is 25.0 Å². The van der Waals surface area contributed by atoms with Crippen LogP contribution < -0.4 is 9.46 Å². The number of aryl methyl sites for hydroxylation is 1. The first-order valence-corrected chi connectivity index (χ1v) is 9.51. The van der Waals surface area contributed by atoms with E-state index in [-0.39, 0.29) is 16.7 Å². The van der Waals surface area contributed by atoms with Crippen LogP contribution in [0.25, 0.3) is 0 Å². The first-order valence-electron chi connectivity index (χ1n) is 8.03. The highest BCUT2D eigenvalue weighted by atomic mass is 32.2. The number of rotatable bonds is 5. The summed E-state index contributed by atoms with van der Waals surface area (Å²) in [6, 6.07) is 11.4. The van der Waals surface area contributed by atoms with E-state index in [2.05, 4.69) is 4.72 Å². The fourth-order valence-electron chi connectivity index (χ4n) is 2.88. The topological polar surface area (TPSA) is 75.6 Å². The van der Waals surface area contributed by atoms with Gasteiger partial charge < -0.3 is 9.84 Å². The largest absolute Gasteiger partial charge is 0.507 e. The Morgan fingerprint density at radius 2 is 1.88 bits per heavy atom. The number of aromatic hydroxyl groups is 1. The van der Waals surface area contributed by atoms with Crippen molar-refractivity contribution in [3.63, 3.8) is 0 Å². The number of sulfonamides is 1. The highest BCUT2D eigenvalue weighted by molar-refractivity contribution is 7.92. The Morgan fingerprint density at radius 1 is 1.12 bits per heavy atom. The molecule has 1 fully saturated rings. The standard InChI is InChI=1S/C18H21NO4S/c1-13-9-10-17(20)18(11-13)24(21,22)19-14-5-4-8-16(12-14)23-15-6-2-3-7-15/h4-5,8-12,15,19-20H,2-3,6-7H2,1H3. The second-order valence-electron chi connectivity index (χ2n) is 6.13. The minimum absolute atomic E-state index is 0.135. The lowest BCUT2D eigenvalue weighted by molar-refractivity contribution is 0.210. The normalized spacial score (nSPS) is 15.4. The van der Waals surface area contributed by atoms with Crippen molar-refractivity contribution in [2.75, 3.05) is 4.72 Å². The Balaban J connectivity index is 1.80. The molecule has 3 rings (SSSR count). The monoisotopic (exact) mass is 347 g/mol. The third-order valence-electron chi connectivity index (χ3n) is 4.10. The van der Waals surface area contributed by atoms with Gasteiger partial charge in [-0.2, -0.15) is 0 Å². The van der Waals surface area contributed by atoms with Gasteiger partial charge in [0.2, 0.25) is 0 Å². The van der Waals surface area contributed by atoms with Crippen molar-refractivity contribution in [2.24, 2.45) is 0 Å². The fourth-order valence-corrected chi connectivity index (χ4v) is 4.11. The number of nitrogens with one attached hydrogen (secondary N) is 1. The van der Waals surface area contributed by atoms with E-state index >= 15 is 0 Å². The predicted octanol–water partition coefficient (Wildman–Crippen LogP) is 3.82. The predicted molar refractivity (Wildman–Crippen MR) is 93.0 cm³/mol. The van der Waals surface area contributed by atoms with Crippen molar-refractivity contribution in [2.45, 2.75) is 43.6 Å². The molecule has 6 heteroatoms. The number of phenols is 1. The zero-order valence-corrected chi connectivity index (χ0v) is 14.3. The Hall–Kier alpha value is -2.21. The van der Waals surface area contributed by atoms with Crippen LogP contribution in [0.4, 0.5) is 5.69 Å². The van der Waals surface area contributed by atoms with Gasteiger partial charge in [-0.15, -0.1) is 0 Å². The molecule has 0 aliphatic heterocycles. The zero-order chi connectivity index (χ0) is 17.2. The summed E-state index contributed by atoms with van der Waals surface area (Å²) < 4.78 is 33.4. The lowest BCUT2D eigenvalue weighted by Crippen LogP contribution is -2.14. The van der Waals surface area contributed by atoms with E-state index < -0.39 is 10.0 Å². The minimum atomic E-state index is -3.87. The molecular weight excluding hydrogens is 326 g/mol. The summed E-state index contributed by atoms with van der Waals surface area (Å²) >= 11 is 0. The molecule has 2 aromatic carbocycles. The summed E-state index contributed by atoms with van der Waals surface area (Å²) in [6.45, 7) is 1.77. The molecule has 0 atom stereocenters. The summed E-state index contributed by atoms with van der Waals surface area (Å²) in [5.41, 5.74) is 1.16. The molecule has 1 saturated carbocycles. The summed E-state index contributed by atoms with van der Waals surface area (Å²) in [5.74, 6) is 0.377. The van der Waals surface area contributed by atoms with Crippen LogP contribution in [0.2, 0.25) is 0 Å². The third kappa shape index (κ3) is 3.82. The molecular formula is C18H21NO4S. The summed E-state index contributed by atoms with van der Waals surface area (Å²) in [7, 11) is -3.87. The summed E-state index contributed by atoms with van der Waals surface area (Å²) in [4.78, 5) is -0.135. The van der Waals surface area contributed by atoms with E-state index in [9.17, 15) is 13.5 Å². The average molecular weight is 347 g/mol. The van der Waals surface area contributed by atoms with Crippen molar-refractivity contribution in [3.8, 4) is 11.5 Å². The van der Waals surface area contributed by atoms with Gasteiger partial charge in [-0.25, -0.2) is 8.42 Å². The second kappa shape index (κ2) is 6.73. The van der Waals surface area contributed by atoms with Crippen LogP contribution in [0, 0.1) is 6.92 Å². The van der Waals surface area contributed by atoms with Crippen molar-refractivity contribution in [1.82, 2.24) is 0 Å². The fraction of sp³-hybridized carbons (Fsp3) is 0.333. The quantitative estimate of drug-likeness (QED) is 0.862. The molecule has 0 heterocycles. The van der Waals surface area contributed by atoms with Crippen LogP contribution in [0.15, 0.2) is 47.4 Å². The number of phenolic OH excluding ortho intramolecular Hbond substituents is 1. The molecule has 2 N–H and O–H groups in total. The van der Waals surface area contributed by atoms with Crippen LogP contribution in [0.3, 0.4) is 0 Å². The molecule has 5 nitrogen and oxygen atoms in total. The van der Waals surface area contributed by atoms with Gasteiger partial charge in [-0.05, 0) is 62.4 Å². The summed E-state index contributed by atoms with van der Waals surface area (Å²) in [6.07, 6.45) is 4.62. The highest BCUT2D eigenvalue weighted by Crippen LogP contribution is 2.29. The number of anilines is 1. The molecule has 1 aliphatic rings. The highest BCUT2D eigenvalue weighted by Gasteiger charge is 2.20. The van der Waals surface area contributed by atoms with Crippen molar-refractivity contribution >= 4 is 15.7 Å². The molecule has 0 unspecified atom stereocenters. The third-order valence-corrected chi connectivity index (χ3v) is 5.51. The van der Waals surface area contributed by atoms with Gasteiger partial charge >= 0.3 is 0 Å². The van der Waals surface area contributed by atoms with Gasteiger partial charge in [0, 0.05) is 6.07 Å². The maximum atomic E-state index is 12.5. The van der Waals surface area contributed by atoms with Crippen LogP contribution in [-0.2, 0) is 10.0 Å². The molecule has 24 heavy (non-hydrogen) atoms. The molecule has 0 bridgehead atoms. The smallest absolute Gasteiger partial charge is 0.265 e. The summed E-state index contributed by atoms with van der Waals surface area (Å²) in [5, 5.41) is 9.85. The SMILES string of the molecule is Cc1ccc(O)c(S(=O)(=O)Nc2cccc(OC3CCCC3)c2)c1. The molecule has 0 amide bonds. The van der Waals surface area contributed by atoms with E-state index in [4.69, 9.17) is 4.74 Å². The van der Waals surface area contributed by atoms with Crippen molar-refractivity contribution < 1.29 is 18.3 Å². The van der Waals surface area contributed by atoms with Crippen LogP contribution >= 0.6 is 0 Å². The zero-order valence-electron chi connectivity index (χ0n) is 13.5. The number of hydrogen-bond donors (Lipinski definition) is 2. The van der Waals surface area contributed by atoms with Crippen molar-refractivity contribution in [1.29, 1.82) is 0 Å². The van der Waals surface area contributed by atoms with E-state index in [1.54, 1.807) is 31.2 Å². The Morgan fingerprint density at radius 3 is 2.62 bits per heavy atom. The maximum absolute atomic E-state index is 12.5. The number of ether oxygens (including phenoxy) is 1. The molecule has 0 spiro atoms. The molecule has 2 aromatic rings. The lowest BCUT2D eigenvalue weighted by Gasteiger charge is -2.15. The number of benzene rings is 2. The molecule has 0 saturated heterocycles. The first-order chi connectivity index (χ1) is 11.4. The first kappa shape index (κ1) is 16.6. The Labute approximate surface area is 142 Å². The average Bonchev–Trinajstić information content (AvgIpc) is 3.02. The van der Waals surface area contributed by atoms with Gasteiger partial charge in [0.25, 0.3) is 10.0 Å². The van der Waals surface area contributed by atoms with E-state index in [0.29, 0.717) is 11.4 Å². The van der Waals surface area contributed by atoms with Gasteiger partial charge in [0.05, 0.1) is 11.8 Å². The van der Waals surface area contributed by atoms with Crippen molar-refractivity contribution in [3.05, 3.63) is 48.0 Å². The van der Waals surface area contributed by atoms with Gasteiger partial charge in [0.15, 0.2) is 0 Å². The number of hydrogen-bond acceptors (Lipinski definition) is 4. The van der Waals surface area contributed by atoms with E-state index in [0.717, 1.165) is 18.4 Å². The van der Waals surface area contributed by atoms with Gasteiger partial charge in [-0.3, -0.25) is 4.72 Å². The van der Waals surface area contributed by atoms with Crippen LogP contribution in [0.5, 0.6) is 11.5 Å². The molecule has 128 valence electrons. The molecule has 0 radical (unpaired) electrons. The lowest BCUT2D eigenvalue weighted by atomic mass is 10.2. The Kier molecular flexibility index (Phi) is 4.66. The van der Waals surface area contributed by atoms with Gasteiger partial charge in [0.1, 0.15) is 16.4 Å². The van der Waals surface area contributed by atoms with Gasteiger partial charge in [-0.1, -0.05) is 12.1 Å². The molecule has 0 aromatic heterocycles. The van der Waals surface area contributed by atoms with E-state index in [1.807, 2.05) is 6.07 Å². The molecule has 1 aliphatic carbocycles. The maximum Gasteiger partial charge on any atom is 0.265 e. The van der Waals surface area contributed by atoms with Crippen LogP contribution in [0.1, 0.15) is 31.2 Å². The second-order valence-corrected chi connectivity index (χ2v) is 7.78. The minimum Gasteiger partial charge on any atom is -0.507 e. The Bertz CT molecular complexity index is 827. The van der Waals surface area contributed by atoms with Crippen LogP contribution in [-0.4, -0.2) is 19.6 Å².